The number of carbonyl (C=O) groups excluding carboxylic acids is 1. The number of hydrogen-bond acceptors (Lipinski definition) is 3. The molecule has 0 spiro atoms. The minimum atomic E-state index is -0.0678. The highest BCUT2D eigenvalue weighted by molar-refractivity contribution is 5.94. The first kappa shape index (κ1) is 20.6. The van der Waals surface area contributed by atoms with Gasteiger partial charge in [-0.15, -0.1) is 0 Å². The molecule has 0 aromatic heterocycles. The first-order valence-corrected chi connectivity index (χ1v) is 9.11. The lowest BCUT2D eigenvalue weighted by molar-refractivity contribution is 0.0954. The van der Waals surface area contributed by atoms with Crippen molar-refractivity contribution >= 4 is 12.0 Å². The molecule has 0 aliphatic carbocycles. The second-order valence-electron chi connectivity index (χ2n) is 7.52. The van der Waals surface area contributed by atoms with Crippen molar-refractivity contribution in [3.63, 3.8) is 0 Å². The van der Waals surface area contributed by atoms with Crippen molar-refractivity contribution < 1.29 is 14.3 Å². The van der Waals surface area contributed by atoms with E-state index < -0.39 is 0 Å². The number of ether oxygens (including phenoxy) is 2. The minimum absolute atomic E-state index is 0.0678. The fourth-order valence-electron chi connectivity index (χ4n) is 2.55. The molecule has 0 unspecified atom stereocenters. The summed E-state index contributed by atoms with van der Waals surface area (Å²) < 4.78 is 10.5. The Balaban J connectivity index is 1.89. The van der Waals surface area contributed by atoms with Gasteiger partial charge in [0, 0.05) is 12.1 Å². The molecule has 0 saturated carbocycles. The largest absolute Gasteiger partial charge is 0.493 e. The second-order valence-corrected chi connectivity index (χ2v) is 7.52. The zero-order valence-electron chi connectivity index (χ0n) is 16.8. The standard InChI is InChI=1S/C23H29NO3/c1-23(2,3)14-12-17-6-9-19(10-7-17)22(25)24-15-13-18-8-11-20(26-4)21(16-18)27-5/h6-12,14,16H,13,15H2,1-5H3,(H,24,25). The maximum atomic E-state index is 12.3. The van der Waals surface area contributed by atoms with E-state index >= 15 is 0 Å². The van der Waals surface area contributed by atoms with E-state index in [-0.39, 0.29) is 11.3 Å². The van der Waals surface area contributed by atoms with Gasteiger partial charge in [-0.2, -0.15) is 0 Å². The van der Waals surface area contributed by atoms with E-state index in [0.717, 1.165) is 17.5 Å². The van der Waals surface area contributed by atoms with Gasteiger partial charge in [-0.3, -0.25) is 4.79 Å². The third kappa shape index (κ3) is 6.48. The average molecular weight is 367 g/mol. The fourth-order valence-corrected chi connectivity index (χ4v) is 2.55. The molecule has 2 aromatic carbocycles. The summed E-state index contributed by atoms with van der Waals surface area (Å²) in [6, 6.07) is 13.4. The van der Waals surface area contributed by atoms with Crippen LogP contribution in [0.25, 0.3) is 6.08 Å². The van der Waals surface area contributed by atoms with Crippen molar-refractivity contribution in [2.45, 2.75) is 27.2 Å². The maximum Gasteiger partial charge on any atom is 0.251 e. The van der Waals surface area contributed by atoms with Crippen LogP contribution in [0.4, 0.5) is 0 Å². The molecule has 1 amide bonds. The van der Waals surface area contributed by atoms with Crippen molar-refractivity contribution in [2.24, 2.45) is 5.41 Å². The van der Waals surface area contributed by atoms with Gasteiger partial charge in [0.25, 0.3) is 5.91 Å². The van der Waals surface area contributed by atoms with Crippen molar-refractivity contribution in [3.05, 3.63) is 65.2 Å². The van der Waals surface area contributed by atoms with Crippen LogP contribution in [0.3, 0.4) is 0 Å². The van der Waals surface area contributed by atoms with Crippen LogP contribution in [0.2, 0.25) is 0 Å². The van der Waals surface area contributed by atoms with Crippen LogP contribution in [0, 0.1) is 5.41 Å². The molecule has 0 saturated heterocycles. The van der Waals surface area contributed by atoms with Gasteiger partial charge in [0.15, 0.2) is 11.5 Å². The Morgan fingerprint density at radius 1 is 1.00 bits per heavy atom. The van der Waals surface area contributed by atoms with Gasteiger partial charge >= 0.3 is 0 Å². The molecule has 0 fully saturated rings. The highest BCUT2D eigenvalue weighted by Gasteiger charge is 2.08. The predicted molar refractivity (Wildman–Crippen MR) is 111 cm³/mol. The van der Waals surface area contributed by atoms with Gasteiger partial charge in [0.1, 0.15) is 0 Å². The van der Waals surface area contributed by atoms with E-state index in [1.807, 2.05) is 42.5 Å². The Morgan fingerprint density at radius 2 is 1.67 bits per heavy atom. The summed E-state index contributed by atoms with van der Waals surface area (Å²) in [7, 11) is 3.23. The van der Waals surface area contributed by atoms with E-state index in [9.17, 15) is 4.79 Å². The summed E-state index contributed by atoms with van der Waals surface area (Å²) in [5.41, 5.74) is 2.97. The lowest BCUT2D eigenvalue weighted by atomic mass is 9.95. The molecular formula is C23H29NO3. The van der Waals surface area contributed by atoms with E-state index in [4.69, 9.17) is 9.47 Å². The van der Waals surface area contributed by atoms with E-state index in [0.29, 0.717) is 23.6 Å². The topological polar surface area (TPSA) is 47.6 Å². The Kier molecular flexibility index (Phi) is 7.05. The summed E-state index contributed by atoms with van der Waals surface area (Å²) in [5.74, 6) is 1.33. The SMILES string of the molecule is COc1ccc(CCNC(=O)c2ccc(C=CC(C)(C)C)cc2)cc1OC. The van der Waals surface area contributed by atoms with Gasteiger partial charge < -0.3 is 14.8 Å². The van der Waals surface area contributed by atoms with Crippen molar-refractivity contribution in [1.82, 2.24) is 5.32 Å². The number of methoxy groups -OCH3 is 2. The minimum Gasteiger partial charge on any atom is -0.493 e. The average Bonchev–Trinajstić information content (AvgIpc) is 2.66. The highest BCUT2D eigenvalue weighted by Crippen LogP contribution is 2.27. The third-order valence-electron chi connectivity index (χ3n) is 4.10. The highest BCUT2D eigenvalue weighted by atomic mass is 16.5. The van der Waals surface area contributed by atoms with Crippen LogP contribution in [-0.2, 0) is 6.42 Å². The van der Waals surface area contributed by atoms with Gasteiger partial charge in [-0.25, -0.2) is 0 Å². The molecule has 1 N–H and O–H groups in total. The lowest BCUT2D eigenvalue weighted by Gasteiger charge is -2.11. The molecule has 0 atom stereocenters. The number of nitrogens with one attached hydrogen (secondary N) is 1. The molecule has 0 aliphatic rings. The van der Waals surface area contributed by atoms with Crippen LogP contribution in [0.1, 0.15) is 42.3 Å². The molecule has 0 heterocycles. The Labute approximate surface area is 162 Å². The van der Waals surface area contributed by atoms with E-state index in [1.165, 1.54) is 0 Å². The number of amides is 1. The molecule has 144 valence electrons. The van der Waals surface area contributed by atoms with Crippen LogP contribution >= 0.6 is 0 Å². The van der Waals surface area contributed by atoms with Gasteiger partial charge in [0.2, 0.25) is 0 Å². The zero-order valence-corrected chi connectivity index (χ0v) is 16.8. The first-order valence-electron chi connectivity index (χ1n) is 9.11. The molecule has 2 rings (SSSR count). The summed E-state index contributed by atoms with van der Waals surface area (Å²) in [4.78, 5) is 12.3. The molecule has 0 radical (unpaired) electrons. The zero-order chi connectivity index (χ0) is 19.9. The van der Waals surface area contributed by atoms with Gasteiger partial charge in [-0.05, 0) is 47.2 Å². The molecule has 2 aromatic rings. The van der Waals surface area contributed by atoms with Crippen LogP contribution < -0.4 is 14.8 Å². The van der Waals surface area contributed by atoms with Crippen LogP contribution in [-0.4, -0.2) is 26.7 Å². The monoisotopic (exact) mass is 367 g/mol. The summed E-state index contributed by atoms with van der Waals surface area (Å²) in [6.45, 7) is 7.02. The van der Waals surface area contributed by atoms with Crippen molar-refractivity contribution in [1.29, 1.82) is 0 Å². The normalized spacial score (nSPS) is 11.4. The van der Waals surface area contributed by atoms with Gasteiger partial charge in [-0.1, -0.05) is 51.1 Å². The molecule has 0 aliphatic heterocycles. The summed E-state index contributed by atoms with van der Waals surface area (Å²) in [6.07, 6.45) is 4.96. The number of allylic oxidation sites excluding steroid dienone is 1. The molecule has 27 heavy (non-hydrogen) atoms. The maximum absolute atomic E-state index is 12.3. The number of rotatable bonds is 7. The third-order valence-corrected chi connectivity index (χ3v) is 4.10. The smallest absolute Gasteiger partial charge is 0.251 e. The van der Waals surface area contributed by atoms with E-state index in [2.05, 4.69) is 38.2 Å². The van der Waals surface area contributed by atoms with Crippen LogP contribution in [0.5, 0.6) is 11.5 Å². The fraction of sp³-hybridized carbons (Fsp3) is 0.348. The number of benzene rings is 2. The van der Waals surface area contributed by atoms with Crippen LogP contribution in [0.15, 0.2) is 48.5 Å². The molecular weight excluding hydrogens is 338 g/mol. The molecule has 4 nitrogen and oxygen atoms in total. The van der Waals surface area contributed by atoms with Crippen molar-refractivity contribution in [2.75, 3.05) is 20.8 Å². The first-order chi connectivity index (χ1) is 12.8. The second kappa shape index (κ2) is 9.26. The summed E-state index contributed by atoms with van der Waals surface area (Å²) in [5, 5.41) is 2.96. The molecule has 0 bridgehead atoms. The quantitative estimate of drug-likeness (QED) is 0.769. The molecule has 4 heteroatoms. The number of carbonyl (C=O) groups is 1. The van der Waals surface area contributed by atoms with Gasteiger partial charge in [0.05, 0.1) is 14.2 Å². The summed E-state index contributed by atoms with van der Waals surface area (Å²) >= 11 is 0. The van der Waals surface area contributed by atoms with E-state index in [1.54, 1.807) is 14.2 Å². The Bertz CT molecular complexity index is 786. The predicted octanol–water partition coefficient (Wildman–Crippen LogP) is 4.74. The Hall–Kier alpha value is -2.75. The Morgan fingerprint density at radius 3 is 2.26 bits per heavy atom. The van der Waals surface area contributed by atoms with Crippen molar-refractivity contribution in [3.8, 4) is 11.5 Å². The lowest BCUT2D eigenvalue weighted by Crippen LogP contribution is -2.25. The number of hydrogen-bond donors (Lipinski definition) is 1.